The van der Waals surface area contributed by atoms with Gasteiger partial charge >= 0.3 is 0 Å². The minimum Gasteiger partial charge on any atom is -0.320 e. The van der Waals surface area contributed by atoms with Crippen molar-refractivity contribution in [2.45, 2.75) is 13.8 Å². The molecule has 0 aliphatic heterocycles. The summed E-state index contributed by atoms with van der Waals surface area (Å²) in [7, 11) is 0. The van der Waals surface area contributed by atoms with Crippen LogP contribution in [-0.4, -0.2) is 10.8 Å². The van der Waals surface area contributed by atoms with Crippen LogP contribution in [0.15, 0.2) is 17.2 Å². The number of benzene rings is 1. The largest absolute Gasteiger partial charge is 0.320 e. The van der Waals surface area contributed by atoms with Crippen LogP contribution < -0.4 is 5.32 Å². The average Bonchev–Trinajstić information content (AvgIpc) is 2.19. The number of hydrogen-bond acceptors (Lipinski definition) is 5. The Kier molecular flexibility index (Phi) is 3.29. The van der Waals surface area contributed by atoms with Crippen LogP contribution in [0.1, 0.15) is 12.5 Å². The fourth-order valence-corrected chi connectivity index (χ4v) is 1.29. The summed E-state index contributed by atoms with van der Waals surface area (Å²) < 4.78 is 0. The van der Waals surface area contributed by atoms with Gasteiger partial charge in [-0.05, 0) is 13.0 Å². The van der Waals surface area contributed by atoms with Gasteiger partial charge in [-0.3, -0.25) is 14.9 Å². The lowest BCUT2D eigenvalue weighted by Crippen LogP contribution is -2.09. The molecular formula is C9H10N4O3. The van der Waals surface area contributed by atoms with E-state index >= 15 is 0 Å². The highest BCUT2D eigenvalue weighted by atomic mass is 16.6. The standard InChI is InChI=1S/C9H10N4O3/c1-5-7(12-10)3-4-8(13(15)16)9(5)11-6(2)14/h3-4,10H,1-2H3,(H,11,14). The van der Waals surface area contributed by atoms with Gasteiger partial charge < -0.3 is 5.32 Å². The number of carbonyl (C=O) groups is 1. The molecule has 84 valence electrons. The molecule has 0 saturated heterocycles. The Hall–Kier alpha value is -2.31. The Balaban J connectivity index is 3.41. The van der Waals surface area contributed by atoms with Crippen LogP contribution in [0, 0.1) is 22.6 Å². The van der Waals surface area contributed by atoms with Crippen LogP contribution >= 0.6 is 0 Å². The summed E-state index contributed by atoms with van der Waals surface area (Å²) in [6.07, 6.45) is 0. The molecule has 16 heavy (non-hydrogen) atoms. The van der Waals surface area contributed by atoms with Gasteiger partial charge in [-0.15, -0.1) is 0 Å². The molecule has 0 unspecified atom stereocenters. The molecule has 0 fully saturated rings. The van der Waals surface area contributed by atoms with Crippen LogP contribution in [0.3, 0.4) is 0 Å². The number of hydrogen-bond donors (Lipinski definition) is 2. The first kappa shape index (κ1) is 11.8. The second kappa shape index (κ2) is 4.47. The molecule has 0 aliphatic rings. The van der Waals surface area contributed by atoms with E-state index in [-0.39, 0.29) is 17.1 Å². The zero-order valence-electron chi connectivity index (χ0n) is 8.77. The van der Waals surface area contributed by atoms with Crippen LogP contribution in [0.2, 0.25) is 0 Å². The van der Waals surface area contributed by atoms with Crippen molar-refractivity contribution in [1.29, 1.82) is 5.53 Å². The van der Waals surface area contributed by atoms with Crippen molar-refractivity contribution in [2.75, 3.05) is 5.32 Å². The van der Waals surface area contributed by atoms with Crippen LogP contribution in [0.5, 0.6) is 0 Å². The highest BCUT2D eigenvalue weighted by Gasteiger charge is 2.19. The topological polar surface area (TPSA) is 108 Å². The molecule has 0 atom stereocenters. The fourth-order valence-electron chi connectivity index (χ4n) is 1.29. The maximum atomic E-state index is 10.9. The zero-order chi connectivity index (χ0) is 12.3. The van der Waals surface area contributed by atoms with E-state index in [2.05, 4.69) is 10.4 Å². The smallest absolute Gasteiger partial charge is 0.293 e. The Morgan fingerprint density at radius 1 is 1.56 bits per heavy atom. The van der Waals surface area contributed by atoms with Crippen molar-refractivity contribution in [3.63, 3.8) is 0 Å². The van der Waals surface area contributed by atoms with Gasteiger partial charge in [0, 0.05) is 18.6 Å². The molecule has 0 aliphatic carbocycles. The van der Waals surface area contributed by atoms with Crippen LogP contribution in [0.4, 0.5) is 17.1 Å². The third kappa shape index (κ3) is 2.19. The molecule has 7 nitrogen and oxygen atoms in total. The van der Waals surface area contributed by atoms with Crippen molar-refractivity contribution in [3.8, 4) is 0 Å². The number of rotatable bonds is 3. The lowest BCUT2D eigenvalue weighted by atomic mass is 10.1. The second-order valence-electron chi connectivity index (χ2n) is 3.15. The first-order chi connectivity index (χ1) is 7.47. The molecule has 1 aromatic rings. The highest BCUT2D eigenvalue weighted by molar-refractivity contribution is 5.93. The van der Waals surface area contributed by atoms with Crippen molar-refractivity contribution in [2.24, 2.45) is 5.11 Å². The van der Waals surface area contributed by atoms with Crippen molar-refractivity contribution >= 4 is 23.0 Å². The normalized spacial score (nSPS) is 9.62. The van der Waals surface area contributed by atoms with Gasteiger partial charge in [0.05, 0.1) is 10.6 Å². The molecule has 1 amide bonds. The molecule has 0 saturated carbocycles. The van der Waals surface area contributed by atoms with Crippen molar-refractivity contribution in [1.82, 2.24) is 0 Å². The predicted molar refractivity (Wildman–Crippen MR) is 56.9 cm³/mol. The van der Waals surface area contributed by atoms with E-state index in [1.54, 1.807) is 6.92 Å². The zero-order valence-corrected chi connectivity index (χ0v) is 8.77. The van der Waals surface area contributed by atoms with Crippen molar-refractivity contribution < 1.29 is 9.72 Å². The quantitative estimate of drug-likeness (QED) is 0.465. The predicted octanol–water partition coefficient (Wildman–Crippen LogP) is 2.52. The lowest BCUT2D eigenvalue weighted by molar-refractivity contribution is -0.384. The van der Waals surface area contributed by atoms with E-state index in [4.69, 9.17) is 5.53 Å². The summed E-state index contributed by atoms with van der Waals surface area (Å²) >= 11 is 0. The monoisotopic (exact) mass is 222 g/mol. The van der Waals surface area contributed by atoms with Gasteiger partial charge in [0.25, 0.3) is 5.69 Å². The second-order valence-corrected chi connectivity index (χ2v) is 3.15. The molecule has 1 aromatic carbocycles. The van der Waals surface area contributed by atoms with E-state index in [9.17, 15) is 14.9 Å². The molecule has 0 spiro atoms. The SMILES string of the molecule is CC(=O)Nc1c([N+](=O)[O-])ccc(N=N)c1C. The summed E-state index contributed by atoms with van der Waals surface area (Å²) in [5.74, 6) is -0.409. The van der Waals surface area contributed by atoms with E-state index in [1.807, 2.05) is 0 Å². The number of nitro groups is 1. The minimum absolute atomic E-state index is 0.0889. The number of carbonyl (C=O) groups excluding carboxylic acids is 1. The Labute approximate surface area is 91.1 Å². The molecule has 0 radical (unpaired) electrons. The van der Waals surface area contributed by atoms with Crippen LogP contribution in [-0.2, 0) is 4.79 Å². The molecule has 0 aromatic heterocycles. The summed E-state index contributed by atoms with van der Waals surface area (Å²) in [4.78, 5) is 21.1. The number of nitrogens with zero attached hydrogens (tertiary/aromatic N) is 2. The first-order valence-electron chi connectivity index (χ1n) is 4.40. The maximum Gasteiger partial charge on any atom is 0.293 e. The van der Waals surface area contributed by atoms with E-state index in [0.29, 0.717) is 5.56 Å². The molecule has 7 heteroatoms. The summed E-state index contributed by atoms with van der Waals surface area (Å²) in [5, 5.41) is 16.3. The minimum atomic E-state index is -0.591. The Morgan fingerprint density at radius 2 is 2.19 bits per heavy atom. The van der Waals surface area contributed by atoms with Gasteiger partial charge in [0.1, 0.15) is 5.69 Å². The summed E-state index contributed by atoms with van der Waals surface area (Å²) in [6.45, 7) is 2.82. The molecule has 0 heterocycles. The molecule has 1 rings (SSSR count). The first-order valence-corrected chi connectivity index (χ1v) is 4.40. The van der Waals surface area contributed by atoms with Gasteiger partial charge in [-0.1, -0.05) is 0 Å². The van der Waals surface area contributed by atoms with E-state index in [0.717, 1.165) is 0 Å². The Bertz CT molecular complexity index is 470. The Morgan fingerprint density at radius 3 is 2.62 bits per heavy atom. The maximum absolute atomic E-state index is 10.9. The third-order valence-corrected chi connectivity index (χ3v) is 2.03. The fraction of sp³-hybridized carbons (Fsp3) is 0.222. The van der Waals surface area contributed by atoms with Gasteiger partial charge in [0.15, 0.2) is 0 Å². The van der Waals surface area contributed by atoms with Gasteiger partial charge in [0.2, 0.25) is 5.91 Å². The highest BCUT2D eigenvalue weighted by Crippen LogP contribution is 2.34. The number of nitrogens with one attached hydrogen (secondary N) is 2. The lowest BCUT2D eigenvalue weighted by Gasteiger charge is -2.08. The van der Waals surface area contributed by atoms with Gasteiger partial charge in [-0.2, -0.15) is 5.11 Å². The molecular weight excluding hydrogens is 212 g/mol. The summed E-state index contributed by atoms with van der Waals surface area (Å²) in [6, 6.07) is 2.58. The van der Waals surface area contributed by atoms with Crippen molar-refractivity contribution in [3.05, 3.63) is 27.8 Å². The van der Waals surface area contributed by atoms with Gasteiger partial charge in [-0.25, -0.2) is 5.53 Å². The molecule has 2 N–H and O–H groups in total. The number of amides is 1. The summed E-state index contributed by atoms with van der Waals surface area (Å²) in [5.41, 5.74) is 7.45. The molecule has 0 bridgehead atoms. The third-order valence-electron chi connectivity index (χ3n) is 2.03. The average molecular weight is 222 g/mol. The van der Waals surface area contributed by atoms with E-state index < -0.39 is 10.8 Å². The number of nitro benzene ring substituents is 1. The van der Waals surface area contributed by atoms with Crippen LogP contribution in [0.25, 0.3) is 0 Å². The number of anilines is 1. The van der Waals surface area contributed by atoms with E-state index in [1.165, 1.54) is 19.1 Å².